The maximum atomic E-state index is 6.11. The minimum atomic E-state index is -0.119. The highest BCUT2D eigenvalue weighted by atomic mass is 16.3. The first-order valence-corrected chi connectivity index (χ1v) is 21.3. The zero-order valence-corrected chi connectivity index (χ0v) is 34.4. The average molecular weight is 793 g/mol. The molecule has 0 amide bonds. The summed E-state index contributed by atoms with van der Waals surface area (Å²) in [4.78, 5) is 10.5. The van der Waals surface area contributed by atoms with Gasteiger partial charge in [0, 0.05) is 32.9 Å². The minimum absolute atomic E-state index is 0.119. The van der Waals surface area contributed by atoms with Crippen LogP contribution in [0.4, 0.5) is 0 Å². The fraction of sp³-hybridized carbons (Fsp3) is 0.0508. The molecule has 0 N–H and O–H groups in total. The minimum Gasteiger partial charge on any atom is -0.456 e. The van der Waals surface area contributed by atoms with Crippen LogP contribution in [0, 0.1) is 0 Å². The van der Waals surface area contributed by atoms with E-state index < -0.39 is 0 Å². The summed E-state index contributed by atoms with van der Waals surface area (Å²) in [6.45, 7) is 4.71. The molecule has 9 aromatic carbocycles. The molecule has 292 valence electrons. The maximum absolute atomic E-state index is 6.11. The summed E-state index contributed by atoms with van der Waals surface area (Å²) < 4.78 is 6.11. The van der Waals surface area contributed by atoms with E-state index in [1.807, 2.05) is 30.3 Å². The zero-order valence-electron chi connectivity index (χ0n) is 34.4. The standard InChI is InChI=1S/C59H40N2O/c1-59(2)51-24-13-23-46(57(51)50-34-40-16-6-7-17-41(40)35-52(50)59)43-18-12-19-44(32-43)53-36-54(61-58(60-53)39-14-4-3-5-15-39)47-21-9-8-20-45(47)38-28-26-37(27-29-38)42-30-31-56-49(33-42)48-22-10-11-25-55(48)62-56/h3-36H,1-2H3. The Hall–Kier alpha value is -7.88. The van der Waals surface area contributed by atoms with Gasteiger partial charge in [-0.05, 0) is 109 Å². The van der Waals surface area contributed by atoms with Gasteiger partial charge >= 0.3 is 0 Å². The largest absolute Gasteiger partial charge is 0.456 e. The number of aromatic nitrogens is 2. The van der Waals surface area contributed by atoms with Crippen LogP contribution in [0.25, 0.3) is 111 Å². The molecule has 1 aliphatic rings. The number of furan rings is 1. The molecule has 3 heteroatoms. The van der Waals surface area contributed by atoms with E-state index in [-0.39, 0.29) is 5.41 Å². The molecule has 12 rings (SSSR count). The second-order valence-electron chi connectivity index (χ2n) is 16.9. The highest BCUT2D eigenvalue weighted by Gasteiger charge is 2.37. The van der Waals surface area contributed by atoms with Gasteiger partial charge in [-0.3, -0.25) is 0 Å². The van der Waals surface area contributed by atoms with Gasteiger partial charge in [-0.1, -0.05) is 178 Å². The molecule has 0 saturated carbocycles. The van der Waals surface area contributed by atoms with Crippen molar-refractivity contribution in [3.05, 3.63) is 217 Å². The Morgan fingerprint density at radius 3 is 1.84 bits per heavy atom. The van der Waals surface area contributed by atoms with E-state index in [1.54, 1.807) is 0 Å². The number of nitrogens with zero attached hydrogens (tertiary/aromatic N) is 2. The molecule has 2 heterocycles. The molecule has 0 saturated heterocycles. The SMILES string of the molecule is CC1(C)c2cc3ccccc3cc2-c2c(-c3cccc(-c4cc(-c5ccccc5-c5ccc(-c6ccc7oc8ccccc8c7c6)cc5)nc(-c5ccccc5)n4)c3)cccc21. The smallest absolute Gasteiger partial charge is 0.160 e. The molecular formula is C59H40N2O. The highest BCUT2D eigenvalue weighted by Crippen LogP contribution is 2.53. The number of hydrogen-bond donors (Lipinski definition) is 0. The lowest BCUT2D eigenvalue weighted by atomic mass is 9.81. The Morgan fingerprint density at radius 2 is 0.984 bits per heavy atom. The van der Waals surface area contributed by atoms with E-state index in [0.29, 0.717) is 5.82 Å². The normalized spacial score (nSPS) is 12.8. The summed E-state index contributed by atoms with van der Waals surface area (Å²) in [5, 5.41) is 4.80. The molecular weight excluding hydrogens is 753 g/mol. The van der Waals surface area contributed by atoms with E-state index in [4.69, 9.17) is 14.4 Å². The second kappa shape index (κ2) is 14.1. The summed E-state index contributed by atoms with van der Waals surface area (Å²) in [6, 6.07) is 73.7. The number of para-hydroxylation sites is 1. The van der Waals surface area contributed by atoms with Crippen LogP contribution in [0.2, 0.25) is 0 Å². The van der Waals surface area contributed by atoms with E-state index in [0.717, 1.165) is 77.8 Å². The molecule has 0 radical (unpaired) electrons. The third-order valence-electron chi connectivity index (χ3n) is 12.9. The molecule has 0 fully saturated rings. The third kappa shape index (κ3) is 5.89. The lowest BCUT2D eigenvalue weighted by Crippen LogP contribution is -2.14. The van der Waals surface area contributed by atoms with E-state index in [2.05, 4.69) is 190 Å². The van der Waals surface area contributed by atoms with Crippen LogP contribution < -0.4 is 0 Å². The Labute approximate surface area is 360 Å². The summed E-state index contributed by atoms with van der Waals surface area (Å²) in [7, 11) is 0. The van der Waals surface area contributed by atoms with Crippen LogP contribution in [-0.4, -0.2) is 9.97 Å². The lowest BCUT2D eigenvalue weighted by Gasteiger charge is -2.22. The van der Waals surface area contributed by atoms with E-state index in [1.165, 1.54) is 38.6 Å². The fourth-order valence-corrected chi connectivity index (χ4v) is 9.71. The predicted molar refractivity (Wildman–Crippen MR) is 257 cm³/mol. The quantitative estimate of drug-likeness (QED) is 0.168. The molecule has 0 unspecified atom stereocenters. The summed E-state index contributed by atoms with van der Waals surface area (Å²) in [5.74, 6) is 0.693. The van der Waals surface area contributed by atoms with Crippen LogP contribution in [0.5, 0.6) is 0 Å². The van der Waals surface area contributed by atoms with Gasteiger partial charge in [0.05, 0.1) is 11.4 Å². The summed E-state index contributed by atoms with van der Waals surface area (Å²) in [6.07, 6.45) is 0. The van der Waals surface area contributed by atoms with Gasteiger partial charge in [-0.25, -0.2) is 9.97 Å². The third-order valence-corrected chi connectivity index (χ3v) is 12.9. The van der Waals surface area contributed by atoms with Gasteiger partial charge in [-0.15, -0.1) is 0 Å². The van der Waals surface area contributed by atoms with E-state index >= 15 is 0 Å². The van der Waals surface area contributed by atoms with Gasteiger partial charge in [0.2, 0.25) is 0 Å². The van der Waals surface area contributed by atoms with Crippen molar-refractivity contribution < 1.29 is 4.42 Å². The maximum Gasteiger partial charge on any atom is 0.160 e. The van der Waals surface area contributed by atoms with Gasteiger partial charge in [0.1, 0.15) is 11.2 Å². The van der Waals surface area contributed by atoms with Crippen molar-refractivity contribution in [3.8, 4) is 78.4 Å². The molecule has 2 aromatic heterocycles. The van der Waals surface area contributed by atoms with Crippen molar-refractivity contribution >= 4 is 32.7 Å². The Kier molecular flexibility index (Phi) is 8.20. The molecule has 0 atom stereocenters. The van der Waals surface area contributed by atoms with Crippen LogP contribution in [0.3, 0.4) is 0 Å². The lowest BCUT2D eigenvalue weighted by molar-refractivity contribution is 0.661. The number of rotatable bonds is 6. The van der Waals surface area contributed by atoms with Crippen molar-refractivity contribution in [3.63, 3.8) is 0 Å². The Balaban J connectivity index is 0.955. The molecule has 0 spiro atoms. The second-order valence-corrected chi connectivity index (χ2v) is 16.9. The number of benzene rings is 9. The highest BCUT2D eigenvalue weighted by molar-refractivity contribution is 6.06. The number of fused-ring (bicyclic) bond motifs is 7. The first-order chi connectivity index (χ1) is 30.5. The molecule has 3 nitrogen and oxygen atoms in total. The van der Waals surface area contributed by atoms with Gasteiger partial charge in [0.25, 0.3) is 0 Å². The summed E-state index contributed by atoms with van der Waals surface area (Å²) >= 11 is 0. The molecule has 11 aromatic rings. The van der Waals surface area contributed by atoms with Crippen LogP contribution in [-0.2, 0) is 5.41 Å². The number of hydrogen-bond acceptors (Lipinski definition) is 3. The van der Waals surface area contributed by atoms with Crippen molar-refractivity contribution in [2.45, 2.75) is 19.3 Å². The van der Waals surface area contributed by atoms with Gasteiger partial charge in [-0.2, -0.15) is 0 Å². The molecule has 0 aliphatic heterocycles. The monoisotopic (exact) mass is 792 g/mol. The average Bonchev–Trinajstić information content (AvgIpc) is 3.82. The topological polar surface area (TPSA) is 38.9 Å². The van der Waals surface area contributed by atoms with Crippen LogP contribution in [0.15, 0.2) is 211 Å². The van der Waals surface area contributed by atoms with E-state index in [9.17, 15) is 0 Å². The summed E-state index contributed by atoms with van der Waals surface area (Å²) in [5.41, 5.74) is 18.8. The Morgan fingerprint density at radius 1 is 0.355 bits per heavy atom. The van der Waals surface area contributed by atoms with Crippen molar-refractivity contribution in [2.24, 2.45) is 0 Å². The van der Waals surface area contributed by atoms with Gasteiger partial charge < -0.3 is 4.42 Å². The van der Waals surface area contributed by atoms with Crippen molar-refractivity contribution in [1.82, 2.24) is 9.97 Å². The van der Waals surface area contributed by atoms with Crippen molar-refractivity contribution in [1.29, 1.82) is 0 Å². The predicted octanol–water partition coefficient (Wildman–Crippen LogP) is 15.8. The van der Waals surface area contributed by atoms with Gasteiger partial charge in [0.15, 0.2) is 5.82 Å². The fourth-order valence-electron chi connectivity index (χ4n) is 9.71. The first kappa shape index (κ1) is 36.0. The molecule has 1 aliphatic carbocycles. The zero-order chi connectivity index (χ0) is 41.4. The van der Waals surface area contributed by atoms with Crippen LogP contribution >= 0.6 is 0 Å². The van der Waals surface area contributed by atoms with Crippen LogP contribution in [0.1, 0.15) is 25.0 Å². The molecule has 0 bridgehead atoms. The molecule has 62 heavy (non-hydrogen) atoms. The van der Waals surface area contributed by atoms with Crippen molar-refractivity contribution in [2.75, 3.05) is 0 Å². The Bertz CT molecular complexity index is 3540. The first-order valence-electron chi connectivity index (χ1n) is 21.3.